The molecule has 0 aromatic rings. The summed E-state index contributed by atoms with van der Waals surface area (Å²) < 4.78 is 24.1. The molecule has 0 spiro atoms. The summed E-state index contributed by atoms with van der Waals surface area (Å²) in [6.45, 7) is 0. The Hall–Kier alpha value is -0.740. The minimum absolute atomic E-state index is 0.00231. The summed E-state index contributed by atoms with van der Waals surface area (Å²) in [6.07, 6.45) is 1.90. The van der Waals surface area contributed by atoms with Gasteiger partial charge in [-0.3, -0.25) is 0 Å². The number of allylic oxidation sites excluding steroid dienone is 2. The lowest BCUT2D eigenvalue weighted by atomic mass is 9.96. The van der Waals surface area contributed by atoms with Gasteiger partial charge >= 0.3 is 0 Å². The van der Waals surface area contributed by atoms with Crippen LogP contribution in [0.5, 0.6) is 0 Å². The Morgan fingerprint density at radius 1 is 1.45 bits per heavy atom. The highest BCUT2D eigenvalue weighted by atomic mass is 19.3. The summed E-state index contributed by atoms with van der Waals surface area (Å²) in [5.74, 6) is 0. The Labute approximate surface area is 63.6 Å². The van der Waals surface area contributed by atoms with Crippen LogP contribution in [-0.2, 0) is 0 Å². The molecule has 0 radical (unpaired) electrons. The van der Waals surface area contributed by atoms with Crippen LogP contribution in [0.3, 0.4) is 0 Å². The molecule has 62 valence electrons. The second kappa shape index (κ2) is 2.71. The first-order chi connectivity index (χ1) is 5.01. The van der Waals surface area contributed by atoms with Gasteiger partial charge in [0.05, 0.1) is 5.66 Å². The highest BCUT2D eigenvalue weighted by Crippen LogP contribution is 2.21. The van der Waals surface area contributed by atoms with E-state index in [4.69, 9.17) is 11.5 Å². The van der Waals surface area contributed by atoms with Crippen molar-refractivity contribution < 1.29 is 8.78 Å². The van der Waals surface area contributed by atoms with Gasteiger partial charge in [0, 0.05) is 6.42 Å². The van der Waals surface area contributed by atoms with Crippen LogP contribution < -0.4 is 11.5 Å². The predicted molar refractivity (Wildman–Crippen MR) is 38.9 cm³/mol. The maximum absolute atomic E-state index is 12.1. The quantitative estimate of drug-likeness (QED) is 0.556. The number of hydrogen-bond donors (Lipinski definition) is 2. The van der Waals surface area contributed by atoms with E-state index in [1.165, 1.54) is 18.2 Å². The van der Waals surface area contributed by atoms with E-state index in [0.29, 0.717) is 0 Å². The van der Waals surface area contributed by atoms with Gasteiger partial charge in [0.15, 0.2) is 0 Å². The average molecular weight is 160 g/mol. The molecular weight excluding hydrogens is 150 g/mol. The van der Waals surface area contributed by atoms with Crippen LogP contribution in [0.2, 0.25) is 0 Å². The summed E-state index contributed by atoms with van der Waals surface area (Å²) in [4.78, 5) is 0. The lowest BCUT2D eigenvalue weighted by molar-refractivity contribution is 0.180. The van der Waals surface area contributed by atoms with E-state index >= 15 is 0 Å². The van der Waals surface area contributed by atoms with Crippen molar-refractivity contribution in [2.45, 2.75) is 18.5 Å². The Kier molecular flexibility index (Phi) is 2.06. The Bertz CT molecular complexity index is 206. The third kappa shape index (κ3) is 2.10. The second-order valence-electron chi connectivity index (χ2n) is 2.69. The summed E-state index contributed by atoms with van der Waals surface area (Å²) >= 11 is 0. The van der Waals surface area contributed by atoms with Crippen LogP contribution in [0, 0.1) is 0 Å². The average Bonchev–Trinajstić information content (AvgIpc) is 1.85. The monoisotopic (exact) mass is 160 g/mol. The molecule has 11 heavy (non-hydrogen) atoms. The molecule has 1 aliphatic rings. The number of alkyl halides is 2. The summed E-state index contributed by atoms with van der Waals surface area (Å²) in [7, 11) is 0. The van der Waals surface area contributed by atoms with Gasteiger partial charge in [-0.1, -0.05) is 18.2 Å². The van der Waals surface area contributed by atoms with E-state index in [1.54, 1.807) is 0 Å². The van der Waals surface area contributed by atoms with Gasteiger partial charge < -0.3 is 11.5 Å². The zero-order chi connectivity index (χ0) is 8.48. The molecule has 4 N–H and O–H groups in total. The highest BCUT2D eigenvalue weighted by molar-refractivity contribution is 5.26. The standard InChI is InChI=1S/C7H10F2N2/c8-6(9)5-2-1-3-7(10,11)4-5/h1-3,6H,4,10-11H2. The van der Waals surface area contributed by atoms with Gasteiger partial charge in [-0.2, -0.15) is 0 Å². The molecule has 0 heterocycles. The molecule has 0 aliphatic heterocycles. The second-order valence-corrected chi connectivity index (χ2v) is 2.69. The molecule has 2 nitrogen and oxygen atoms in total. The van der Waals surface area contributed by atoms with Crippen molar-refractivity contribution in [3.8, 4) is 0 Å². The van der Waals surface area contributed by atoms with Crippen LogP contribution in [0.25, 0.3) is 0 Å². The first kappa shape index (κ1) is 8.36. The van der Waals surface area contributed by atoms with Gasteiger partial charge in [-0.25, -0.2) is 8.78 Å². The molecule has 0 saturated carbocycles. The molecular formula is C7H10F2N2. The first-order valence-electron chi connectivity index (χ1n) is 3.25. The summed E-state index contributed by atoms with van der Waals surface area (Å²) in [6, 6.07) is 0. The number of hydrogen-bond acceptors (Lipinski definition) is 2. The third-order valence-electron chi connectivity index (χ3n) is 1.51. The Balaban J connectivity index is 2.73. The van der Waals surface area contributed by atoms with E-state index in [0.717, 1.165) is 0 Å². The van der Waals surface area contributed by atoms with E-state index in [2.05, 4.69) is 0 Å². The van der Waals surface area contributed by atoms with Crippen molar-refractivity contribution in [3.63, 3.8) is 0 Å². The van der Waals surface area contributed by atoms with Crippen LogP contribution in [0.1, 0.15) is 6.42 Å². The highest BCUT2D eigenvalue weighted by Gasteiger charge is 2.24. The topological polar surface area (TPSA) is 52.0 Å². The van der Waals surface area contributed by atoms with Crippen LogP contribution >= 0.6 is 0 Å². The van der Waals surface area contributed by atoms with Gasteiger partial charge in [-0.05, 0) is 5.57 Å². The van der Waals surface area contributed by atoms with Crippen molar-refractivity contribution in [1.29, 1.82) is 0 Å². The molecule has 1 aliphatic carbocycles. The van der Waals surface area contributed by atoms with Crippen molar-refractivity contribution in [2.75, 3.05) is 0 Å². The lowest BCUT2D eigenvalue weighted by Crippen LogP contribution is -2.48. The van der Waals surface area contributed by atoms with Gasteiger partial charge in [-0.15, -0.1) is 0 Å². The number of rotatable bonds is 1. The van der Waals surface area contributed by atoms with Crippen molar-refractivity contribution in [1.82, 2.24) is 0 Å². The van der Waals surface area contributed by atoms with Gasteiger partial charge in [0.1, 0.15) is 0 Å². The molecule has 0 bridgehead atoms. The molecule has 0 saturated heterocycles. The Morgan fingerprint density at radius 2 is 2.09 bits per heavy atom. The SMILES string of the molecule is NC1(N)C=CC=C(C(F)F)C1. The zero-order valence-corrected chi connectivity index (χ0v) is 5.93. The first-order valence-corrected chi connectivity index (χ1v) is 3.25. The molecule has 0 aromatic carbocycles. The molecule has 4 heteroatoms. The molecule has 0 atom stereocenters. The number of nitrogens with two attached hydrogens (primary N) is 2. The summed E-state index contributed by atoms with van der Waals surface area (Å²) in [5.41, 5.74) is 9.75. The van der Waals surface area contributed by atoms with E-state index in [1.807, 2.05) is 0 Å². The fourth-order valence-electron chi connectivity index (χ4n) is 0.972. The third-order valence-corrected chi connectivity index (χ3v) is 1.51. The minimum Gasteiger partial charge on any atom is -0.310 e. The summed E-state index contributed by atoms with van der Waals surface area (Å²) in [5, 5.41) is 0. The maximum Gasteiger partial charge on any atom is 0.260 e. The number of halogens is 2. The van der Waals surface area contributed by atoms with Gasteiger partial charge in [0.2, 0.25) is 0 Å². The molecule has 0 unspecified atom stereocenters. The van der Waals surface area contributed by atoms with Crippen molar-refractivity contribution in [3.05, 3.63) is 23.8 Å². The van der Waals surface area contributed by atoms with E-state index in [9.17, 15) is 8.78 Å². The van der Waals surface area contributed by atoms with Gasteiger partial charge in [0.25, 0.3) is 6.43 Å². The van der Waals surface area contributed by atoms with Crippen molar-refractivity contribution in [2.24, 2.45) is 11.5 Å². The molecule has 0 aromatic heterocycles. The van der Waals surface area contributed by atoms with Crippen LogP contribution in [0.15, 0.2) is 23.8 Å². The molecule has 0 fully saturated rings. The normalized spacial score (nSPS) is 22.1. The maximum atomic E-state index is 12.1. The zero-order valence-electron chi connectivity index (χ0n) is 5.93. The van der Waals surface area contributed by atoms with Crippen molar-refractivity contribution >= 4 is 0 Å². The molecule has 1 rings (SSSR count). The largest absolute Gasteiger partial charge is 0.310 e. The molecule has 0 amide bonds. The van der Waals surface area contributed by atoms with Crippen LogP contribution in [-0.4, -0.2) is 12.1 Å². The fraction of sp³-hybridized carbons (Fsp3) is 0.429. The fourth-order valence-corrected chi connectivity index (χ4v) is 0.972. The smallest absolute Gasteiger partial charge is 0.260 e. The van der Waals surface area contributed by atoms with E-state index in [-0.39, 0.29) is 12.0 Å². The lowest BCUT2D eigenvalue weighted by Gasteiger charge is -2.24. The minimum atomic E-state index is -2.45. The Morgan fingerprint density at radius 3 is 2.45 bits per heavy atom. The predicted octanol–water partition coefficient (Wildman–Crippen LogP) is 0.752. The van der Waals surface area contributed by atoms with E-state index < -0.39 is 12.1 Å². The van der Waals surface area contributed by atoms with Crippen LogP contribution in [0.4, 0.5) is 8.78 Å².